The van der Waals surface area contributed by atoms with Gasteiger partial charge >= 0.3 is 5.97 Å². The monoisotopic (exact) mass is 348 g/mol. The first-order valence-electron chi connectivity index (χ1n) is 8.16. The molecule has 0 radical (unpaired) electrons. The van der Waals surface area contributed by atoms with E-state index in [9.17, 15) is 14.9 Å². The molecule has 0 aliphatic heterocycles. The maximum absolute atomic E-state index is 12.4. The standard InChI is InChI=1S/C21H20N2O3/c1-14(2)16-9-7-15(8-10-16)11-18(13-22)20(24)23-19-6-4-5-17(12-19)21(25)26-3/h4-12,14H,1-3H3,(H,23,24)/b18-11+. The van der Waals surface area contributed by atoms with E-state index in [2.05, 4.69) is 23.9 Å². The molecule has 2 rings (SSSR count). The number of anilines is 1. The lowest BCUT2D eigenvalue weighted by Gasteiger charge is -2.07. The zero-order valence-corrected chi connectivity index (χ0v) is 14.9. The normalized spacial score (nSPS) is 11.0. The second-order valence-electron chi connectivity index (χ2n) is 6.02. The molecule has 0 atom stereocenters. The molecule has 26 heavy (non-hydrogen) atoms. The number of benzene rings is 2. The van der Waals surface area contributed by atoms with Crippen LogP contribution < -0.4 is 5.32 Å². The summed E-state index contributed by atoms with van der Waals surface area (Å²) in [6.07, 6.45) is 1.53. The number of rotatable bonds is 5. The third kappa shape index (κ3) is 4.81. The van der Waals surface area contributed by atoms with E-state index >= 15 is 0 Å². The van der Waals surface area contributed by atoms with Gasteiger partial charge in [0.1, 0.15) is 11.6 Å². The molecule has 1 amide bonds. The molecule has 2 aromatic rings. The highest BCUT2D eigenvalue weighted by molar-refractivity contribution is 6.10. The molecule has 2 aromatic carbocycles. The van der Waals surface area contributed by atoms with Crippen LogP contribution >= 0.6 is 0 Å². The van der Waals surface area contributed by atoms with Gasteiger partial charge in [0, 0.05) is 5.69 Å². The molecule has 132 valence electrons. The predicted octanol–water partition coefficient (Wildman–Crippen LogP) is 4.14. The van der Waals surface area contributed by atoms with Crippen molar-refractivity contribution in [2.75, 3.05) is 12.4 Å². The largest absolute Gasteiger partial charge is 0.465 e. The van der Waals surface area contributed by atoms with Gasteiger partial charge in [-0.3, -0.25) is 4.79 Å². The number of amides is 1. The summed E-state index contributed by atoms with van der Waals surface area (Å²) in [6.45, 7) is 4.20. The van der Waals surface area contributed by atoms with Crippen molar-refractivity contribution in [1.29, 1.82) is 5.26 Å². The van der Waals surface area contributed by atoms with E-state index in [1.807, 2.05) is 30.3 Å². The highest BCUT2D eigenvalue weighted by Gasteiger charge is 2.12. The molecule has 0 saturated heterocycles. The topological polar surface area (TPSA) is 79.2 Å². The third-order valence-electron chi connectivity index (χ3n) is 3.82. The average molecular weight is 348 g/mol. The first-order valence-corrected chi connectivity index (χ1v) is 8.16. The van der Waals surface area contributed by atoms with Gasteiger partial charge in [-0.05, 0) is 41.3 Å². The van der Waals surface area contributed by atoms with Gasteiger partial charge in [0.15, 0.2) is 0 Å². The molecule has 0 fully saturated rings. The van der Waals surface area contributed by atoms with Crippen molar-refractivity contribution < 1.29 is 14.3 Å². The molecule has 0 saturated carbocycles. The Hall–Kier alpha value is -3.39. The smallest absolute Gasteiger partial charge is 0.337 e. The number of ether oxygens (including phenoxy) is 1. The van der Waals surface area contributed by atoms with Gasteiger partial charge in [-0.2, -0.15) is 5.26 Å². The van der Waals surface area contributed by atoms with Crippen LogP contribution in [0, 0.1) is 11.3 Å². The summed E-state index contributed by atoms with van der Waals surface area (Å²) in [5, 5.41) is 11.9. The second-order valence-corrected chi connectivity index (χ2v) is 6.02. The molecule has 0 heterocycles. The Balaban J connectivity index is 2.18. The Morgan fingerprint density at radius 2 is 1.85 bits per heavy atom. The Morgan fingerprint density at radius 3 is 2.42 bits per heavy atom. The fraction of sp³-hybridized carbons (Fsp3) is 0.190. The van der Waals surface area contributed by atoms with Crippen LogP contribution in [0.1, 0.15) is 41.3 Å². The van der Waals surface area contributed by atoms with Gasteiger partial charge < -0.3 is 10.1 Å². The molecule has 0 bridgehead atoms. The van der Waals surface area contributed by atoms with Crippen molar-refractivity contribution in [3.8, 4) is 6.07 Å². The van der Waals surface area contributed by atoms with E-state index in [4.69, 9.17) is 0 Å². The van der Waals surface area contributed by atoms with Crippen molar-refractivity contribution in [3.05, 3.63) is 70.8 Å². The Bertz CT molecular complexity index is 875. The number of carbonyl (C=O) groups excluding carboxylic acids is 2. The number of nitrogens with zero attached hydrogens (tertiary/aromatic N) is 1. The quantitative estimate of drug-likeness (QED) is 0.500. The van der Waals surface area contributed by atoms with Crippen molar-refractivity contribution in [3.63, 3.8) is 0 Å². The molecule has 5 heteroatoms. The molecule has 0 aromatic heterocycles. The summed E-state index contributed by atoms with van der Waals surface area (Å²) in [5.41, 5.74) is 2.66. The number of esters is 1. The van der Waals surface area contributed by atoms with Crippen LogP contribution in [0.4, 0.5) is 5.69 Å². The zero-order valence-electron chi connectivity index (χ0n) is 14.9. The number of hydrogen-bond donors (Lipinski definition) is 1. The van der Waals surface area contributed by atoms with Crippen LogP contribution in [0.25, 0.3) is 6.08 Å². The summed E-state index contributed by atoms with van der Waals surface area (Å²) in [4.78, 5) is 23.9. The number of carbonyl (C=O) groups is 2. The van der Waals surface area contributed by atoms with Gasteiger partial charge in [0.05, 0.1) is 12.7 Å². The average Bonchev–Trinajstić information content (AvgIpc) is 2.65. The van der Waals surface area contributed by atoms with Crippen molar-refractivity contribution in [2.24, 2.45) is 0 Å². The Morgan fingerprint density at radius 1 is 1.15 bits per heavy atom. The molecule has 1 N–H and O–H groups in total. The molecule has 0 unspecified atom stereocenters. The van der Waals surface area contributed by atoms with E-state index < -0.39 is 11.9 Å². The summed E-state index contributed by atoms with van der Waals surface area (Å²) in [7, 11) is 1.29. The van der Waals surface area contributed by atoms with E-state index in [1.165, 1.54) is 24.8 Å². The van der Waals surface area contributed by atoms with Crippen molar-refractivity contribution in [2.45, 2.75) is 19.8 Å². The van der Waals surface area contributed by atoms with Crippen LogP contribution in [0.15, 0.2) is 54.1 Å². The highest BCUT2D eigenvalue weighted by Crippen LogP contribution is 2.17. The van der Waals surface area contributed by atoms with Gasteiger partial charge in [-0.25, -0.2) is 4.79 Å². The van der Waals surface area contributed by atoms with Gasteiger partial charge in [0.25, 0.3) is 5.91 Å². The minimum Gasteiger partial charge on any atom is -0.465 e. The Kier molecular flexibility index (Phi) is 6.29. The minimum absolute atomic E-state index is 0.0224. The number of nitrogens with one attached hydrogen (secondary N) is 1. The lowest BCUT2D eigenvalue weighted by Crippen LogP contribution is -2.14. The number of methoxy groups -OCH3 is 1. The van der Waals surface area contributed by atoms with Crippen LogP contribution in [0.3, 0.4) is 0 Å². The summed E-state index contributed by atoms with van der Waals surface area (Å²) >= 11 is 0. The summed E-state index contributed by atoms with van der Waals surface area (Å²) in [6, 6.07) is 16.0. The SMILES string of the molecule is COC(=O)c1cccc(NC(=O)/C(C#N)=C/c2ccc(C(C)C)cc2)c1. The molecule has 0 aliphatic carbocycles. The fourth-order valence-corrected chi connectivity index (χ4v) is 2.33. The zero-order chi connectivity index (χ0) is 19.1. The molecule has 0 aliphatic rings. The molecule has 0 spiro atoms. The Labute approximate surface area is 152 Å². The summed E-state index contributed by atoms with van der Waals surface area (Å²) in [5.74, 6) is -0.626. The summed E-state index contributed by atoms with van der Waals surface area (Å²) < 4.78 is 4.65. The molecular weight excluding hydrogens is 328 g/mol. The molecule has 5 nitrogen and oxygen atoms in total. The molecular formula is C21H20N2O3. The second kappa shape index (κ2) is 8.63. The maximum Gasteiger partial charge on any atom is 0.337 e. The lowest BCUT2D eigenvalue weighted by molar-refractivity contribution is -0.112. The highest BCUT2D eigenvalue weighted by atomic mass is 16.5. The third-order valence-corrected chi connectivity index (χ3v) is 3.82. The van der Waals surface area contributed by atoms with Gasteiger partial charge in [-0.1, -0.05) is 44.2 Å². The first-order chi connectivity index (χ1) is 12.4. The lowest BCUT2D eigenvalue weighted by atomic mass is 10.0. The maximum atomic E-state index is 12.4. The van der Waals surface area contributed by atoms with E-state index in [1.54, 1.807) is 18.2 Å². The predicted molar refractivity (Wildman–Crippen MR) is 101 cm³/mol. The van der Waals surface area contributed by atoms with E-state index in [0.717, 1.165) is 5.56 Å². The van der Waals surface area contributed by atoms with E-state index in [0.29, 0.717) is 17.2 Å². The van der Waals surface area contributed by atoms with Crippen LogP contribution in [-0.2, 0) is 9.53 Å². The van der Waals surface area contributed by atoms with E-state index in [-0.39, 0.29) is 5.57 Å². The van der Waals surface area contributed by atoms with Crippen molar-refractivity contribution in [1.82, 2.24) is 0 Å². The fourth-order valence-electron chi connectivity index (χ4n) is 2.33. The van der Waals surface area contributed by atoms with Crippen molar-refractivity contribution >= 4 is 23.6 Å². The number of hydrogen-bond acceptors (Lipinski definition) is 4. The van der Waals surface area contributed by atoms with Crippen LogP contribution in [-0.4, -0.2) is 19.0 Å². The number of nitriles is 1. The van der Waals surface area contributed by atoms with Crippen LogP contribution in [0.5, 0.6) is 0 Å². The van der Waals surface area contributed by atoms with Gasteiger partial charge in [0.2, 0.25) is 0 Å². The minimum atomic E-state index is -0.539. The van der Waals surface area contributed by atoms with Crippen LogP contribution in [0.2, 0.25) is 0 Å². The van der Waals surface area contributed by atoms with Gasteiger partial charge in [-0.15, -0.1) is 0 Å². The first kappa shape index (κ1) is 18.9.